The van der Waals surface area contributed by atoms with Gasteiger partial charge in [0.1, 0.15) is 18.4 Å². The van der Waals surface area contributed by atoms with Crippen molar-refractivity contribution >= 4 is 11.5 Å². The minimum absolute atomic E-state index is 0.428. The average Bonchev–Trinajstić information content (AvgIpc) is 2.70. The van der Waals surface area contributed by atoms with E-state index in [0.29, 0.717) is 5.92 Å². The Kier molecular flexibility index (Phi) is 3.78. The largest absolute Gasteiger partial charge is 0.370 e. The van der Waals surface area contributed by atoms with Crippen molar-refractivity contribution in [3.63, 3.8) is 0 Å². The highest BCUT2D eigenvalue weighted by molar-refractivity contribution is 5.92. The molecular weight excluding hydrogens is 252 g/mol. The number of aliphatic hydroxyl groups excluding tert-OH is 1. The first kappa shape index (κ1) is 13.2. The lowest BCUT2D eigenvalue weighted by molar-refractivity contribution is 0.0924. The summed E-state index contributed by atoms with van der Waals surface area (Å²) in [6.07, 6.45) is 8.91. The van der Waals surface area contributed by atoms with Crippen LogP contribution in [0.4, 0.5) is 0 Å². The van der Waals surface area contributed by atoms with Crippen LogP contribution in [0, 0.1) is 5.92 Å². The van der Waals surface area contributed by atoms with Gasteiger partial charge in [-0.1, -0.05) is 13.3 Å². The second kappa shape index (κ2) is 5.71. The predicted octanol–water partition coefficient (Wildman–Crippen LogP) is 2.06. The Balaban J connectivity index is 1.98. The molecule has 2 aliphatic rings. The van der Waals surface area contributed by atoms with Crippen molar-refractivity contribution in [3.8, 4) is 0 Å². The highest BCUT2D eigenvalue weighted by atomic mass is 16.3. The molecule has 20 heavy (non-hydrogen) atoms. The number of aromatic nitrogens is 2. The quantitative estimate of drug-likeness (QED) is 0.895. The zero-order valence-electron chi connectivity index (χ0n) is 11.7. The van der Waals surface area contributed by atoms with Crippen LogP contribution in [0.5, 0.6) is 0 Å². The molecule has 0 aliphatic carbocycles. The predicted molar refractivity (Wildman–Crippen MR) is 77.8 cm³/mol. The fourth-order valence-electron chi connectivity index (χ4n) is 2.94. The number of hydrogen-bond acceptors (Lipinski definition) is 5. The van der Waals surface area contributed by atoms with E-state index in [9.17, 15) is 5.11 Å². The first-order valence-corrected chi connectivity index (χ1v) is 7.31. The first-order valence-electron chi connectivity index (χ1n) is 7.31. The number of aliphatic hydroxyl groups is 1. The lowest BCUT2D eigenvalue weighted by atomic mass is 9.98. The van der Waals surface area contributed by atoms with Crippen LogP contribution in [0.3, 0.4) is 0 Å². The fourth-order valence-corrected chi connectivity index (χ4v) is 2.94. The molecule has 106 valence electrons. The topological polar surface area (TPSA) is 61.6 Å². The van der Waals surface area contributed by atoms with Gasteiger partial charge < -0.3 is 10.0 Å². The maximum atomic E-state index is 10.4. The molecule has 0 amide bonds. The van der Waals surface area contributed by atoms with Crippen LogP contribution < -0.4 is 0 Å². The molecule has 1 fully saturated rings. The molecule has 1 saturated heterocycles. The third kappa shape index (κ3) is 2.45. The highest BCUT2D eigenvalue weighted by Crippen LogP contribution is 2.29. The number of nitrogens with zero attached hydrogens (tertiary/aromatic N) is 4. The Morgan fingerprint density at radius 3 is 3.05 bits per heavy atom. The van der Waals surface area contributed by atoms with E-state index < -0.39 is 6.23 Å². The Hall–Kier alpha value is -1.75. The molecule has 1 N–H and O–H groups in total. The first-order chi connectivity index (χ1) is 9.79. The third-order valence-electron chi connectivity index (χ3n) is 4.06. The summed E-state index contributed by atoms with van der Waals surface area (Å²) in [6, 6.07) is 1.83. The molecule has 3 rings (SSSR count). The standard InChI is InChI=1S/C15H20N4O/c1-2-11-5-3-4-8-19-14(20)9-13(18-15(11)19)12-6-7-16-10-17-12/h6-7,9-11,14,20H,2-5,8H2,1H3. The molecular formula is C15H20N4O. The monoisotopic (exact) mass is 272 g/mol. The van der Waals surface area contributed by atoms with Crippen LogP contribution in [0.1, 0.15) is 38.3 Å². The van der Waals surface area contributed by atoms with Gasteiger partial charge in [-0.3, -0.25) is 0 Å². The highest BCUT2D eigenvalue weighted by Gasteiger charge is 2.30. The van der Waals surface area contributed by atoms with E-state index in [-0.39, 0.29) is 0 Å². The van der Waals surface area contributed by atoms with E-state index in [4.69, 9.17) is 4.99 Å². The van der Waals surface area contributed by atoms with Gasteiger partial charge >= 0.3 is 0 Å². The van der Waals surface area contributed by atoms with Crippen molar-refractivity contribution in [2.24, 2.45) is 10.9 Å². The van der Waals surface area contributed by atoms with Crippen LogP contribution in [-0.2, 0) is 0 Å². The fraction of sp³-hybridized carbons (Fsp3) is 0.533. The Bertz CT molecular complexity index is 526. The summed E-state index contributed by atoms with van der Waals surface area (Å²) >= 11 is 0. The number of fused-ring (bicyclic) bond motifs is 1. The lowest BCUT2D eigenvalue weighted by Crippen LogP contribution is -2.44. The Labute approximate surface area is 119 Å². The lowest BCUT2D eigenvalue weighted by Gasteiger charge is -2.34. The molecule has 0 radical (unpaired) electrons. The maximum Gasteiger partial charge on any atom is 0.149 e. The molecule has 3 heterocycles. The minimum Gasteiger partial charge on any atom is -0.370 e. The number of aliphatic imine (C=N–C) groups is 1. The molecule has 1 aromatic heterocycles. The number of hydrogen-bond donors (Lipinski definition) is 1. The Morgan fingerprint density at radius 2 is 2.30 bits per heavy atom. The zero-order chi connectivity index (χ0) is 13.9. The van der Waals surface area contributed by atoms with E-state index in [1.54, 1.807) is 12.3 Å². The summed E-state index contributed by atoms with van der Waals surface area (Å²) in [5, 5.41) is 10.4. The van der Waals surface area contributed by atoms with E-state index in [1.807, 2.05) is 11.0 Å². The molecule has 0 spiro atoms. The SMILES string of the molecule is CCC1CCCCN2C1=NC(c1ccncn1)=CC2O. The van der Waals surface area contributed by atoms with Gasteiger partial charge in [-0.05, 0) is 31.4 Å². The van der Waals surface area contributed by atoms with Crippen LogP contribution in [0.25, 0.3) is 5.70 Å². The summed E-state index contributed by atoms with van der Waals surface area (Å²) in [5.41, 5.74) is 1.52. The van der Waals surface area contributed by atoms with Crippen molar-refractivity contribution in [2.75, 3.05) is 6.54 Å². The minimum atomic E-state index is -0.598. The van der Waals surface area contributed by atoms with Gasteiger partial charge in [0, 0.05) is 18.7 Å². The van der Waals surface area contributed by atoms with Crippen molar-refractivity contribution in [1.82, 2.24) is 14.9 Å². The summed E-state index contributed by atoms with van der Waals surface area (Å²) < 4.78 is 0. The van der Waals surface area contributed by atoms with Crippen molar-refractivity contribution in [3.05, 3.63) is 30.4 Å². The van der Waals surface area contributed by atoms with E-state index in [0.717, 1.165) is 43.0 Å². The molecule has 0 aromatic carbocycles. The summed E-state index contributed by atoms with van der Waals surface area (Å²) in [4.78, 5) is 15.0. The zero-order valence-corrected chi connectivity index (χ0v) is 11.7. The molecule has 0 bridgehead atoms. The van der Waals surface area contributed by atoms with Gasteiger partial charge in [0.25, 0.3) is 0 Å². The summed E-state index contributed by atoms with van der Waals surface area (Å²) in [6.45, 7) is 3.07. The smallest absolute Gasteiger partial charge is 0.149 e. The van der Waals surface area contributed by atoms with Crippen molar-refractivity contribution < 1.29 is 5.11 Å². The van der Waals surface area contributed by atoms with Gasteiger partial charge in [-0.15, -0.1) is 0 Å². The second-order valence-corrected chi connectivity index (χ2v) is 5.32. The van der Waals surface area contributed by atoms with Gasteiger partial charge in [-0.2, -0.15) is 0 Å². The molecule has 5 heteroatoms. The number of amidine groups is 1. The van der Waals surface area contributed by atoms with Crippen LogP contribution in [-0.4, -0.2) is 38.6 Å². The number of rotatable bonds is 2. The molecule has 2 unspecified atom stereocenters. The van der Waals surface area contributed by atoms with Crippen molar-refractivity contribution in [2.45, 2.75) is 38.8 Å². The Morgan fingerprint density at radius 1 is 1.40 bits per heavy atom. The van der Waals surface area contributed by atoms with Gasteiger partial charge in [0.15, 0.2) is 0 Å². The summed E-state index contributed by atoms with van der Waals surface area (Å²) in [7, 11) is 0. The molecule has 2 aliphatic heterocycles. The normalized spacial score (nSPS) is 26.4. The van der Waals surface area contributed by atoms with Crippen LogP contribution >= 0.6 is 0 Å². The molecule has 0 saturated carbocycles. The van der Waals surface area contributed by atoms with Gasteiger partial charge in [0.2, 0.25) is 0 Å². The molecule has 5 nitrogen and oxygen atoms in total. The second-order valence-electron chi connectivity index (χ2n) is 5.32. The summed E-state index contributed by atoms with van der Waals surface area (Å²) in [5.74, 6) is 1.45. The van der Waals surface area contributed by atoms with Crippen molar-refractivity contribution in [1.29, 1.82) is 0 Å². The van der Waals surface area contributed by atoms with E-state index >= 15 is 0 Å². The van der Waals surface area contributed by atoms with Crippen LogP contribution in [0.2, 0.25) is 0 Å². The van der Waals surface area contributed by atoms with E-state index in [2.05, 4.69) is 16.9 Å². The average molecular weight is 272 g/mol. The molecule has 1 aromatic rings. The molecule has 2 atom stereocenters. The maximum absolute atomic E-state index is 10.4. The van der Waals surface area contributed by atoms with Gasteiger partial charge in [0.05, 0.1) is 11.4 Å². The van der Waals surface area contributed by atoms with Gasteiger partial charge in [-0.25, -0.2) is 15.0 Å². The van der Waals surface area contributed by atoms with Crippen LogP contribution in [0.15, 0.2) is 29.7 Å². The van der Waals surface area contributed by atoms with E-state index in [1.165, 1.54) is 12.7 Å². The third-order valence-corrected chi connectivity index (χ3v) is 4.06.